The Kier molecular flexibility index (Phi) is 3.38. The van der Waals surface area contributed by atoms with Crippen LogP contribution in [0.2, 0.25) is 0 Å². The number of rotatable bonds is 3. The molecule has 2 rings (SSSR count). The fourth-order valence-corrected chi connectivity index (χ4v) is 1.39. The Morgan fingerprint density at radius 2 is 1.84 bits per heavy atom. The van der Waals surface area contributed by atoms with Crippen LogP contribution in [0.5, 0.6) is 0 Å². The third kappa shape index (κ3) is 2.81. The summed E-state index contributed by atoms with van der Waals surface area (Å²) in [4.78, 5) is 11.8. The van der Waals surface area contributed by atoms with Crippen LogP contribution >= 0.6 is 0 Å². The Labute approximate surface area is 104 Å². The number of aromatic nitrogens is 4. The van der Waals surface area contributed by atoms with E-state index in [9.17, 15) is 18.0 Å². The van der Waals surface area contributed by atoms with Gasteiger partial charge >= 0.3 is 11.9 Å². The molecule has 0 unspecified atom stereocenters. The molecule has 0 aliphatic heterocycles. The summed E-state index contributed by atoms with van der Waals surface area (Å²) in [7, 11) is 0. The van der Waals surface area contributed by atoms with E-state index in [1.54, 1.807) is 30.3 Å². The topological polar surface area (TPSA) is 72.9 Å². The van der Waals surface area contributed by atoms with Crippen molar-refractivity contribution in [1.82, 2.24) is 19.8 Å². The highest BCUT2D eigenvalue weighted by molar-refractivity contribution is 5.28. The average molecular weight is 274 g/mol. The van der Waals surface area contributed by atoms with Crippen LogP contribution in [-0.2, 0) is 6.54 Å². The van der Waals surface area contributed by atoms with Gasteiger partial charge in [0, 0.05) is 0 Å². The van der Waals surface area contributed by atoms with E-state index in [1.165, 1.54) is 0 Å². The molecule has 1 aromatic heterocycles. The van der Waals surface area contributed by atoms with Gasteiger partial charge in [-0.1, -0.05) is 18.2 Å². The van der Waals surface area contributed by atoms with Crippen molar-refractivity contribution in [2.24, 2.45) is 0 Å². The van der Waals surface area contributed by atoms with Crippen molar-refractivity contribution in [3.05, 3.63) is 40.8 Å². The molecule has 0 amide bonds. The molecule has 1 N–H and O–H groups in total. The minimum atomic E-state index is -4.81. The van der Waals surface area contributed by atoms with E-state index in [-0.39, 0.29) is 0 Å². The Morgan fingerprint density at radius 3 is 2.42 bits per heavy atom. The molecule has 0 saturated carbocycles. The Balaban J connectivity index is 2.27. The summed E-state index contributed by atoms with van der Waals surface area (Å²) in [5.74, 6) is 0. The van der Waals surface area contributed by atoms with E-state index < -0.39 is 24.5 Å². The van der Waals surface area contributed by atoms with Crippen LogP contribution in [0.3, 0.4) is 0 Å². The first kappa shape index (κ1) is 13.3. The molecular weight excluding hydrogens is 265 g/mol. The quantitative estimate of drug-likeness (QED) is 0.876. The first-order chi connectivity index (χ1) is 8.89. The van der Waals surface area contributed by atoms with Gasteiger partial charge in [-0.25, -0.2) is 4.79 Å². The molecule has 0 saturated heterocycles. The number of aliphatic hydroxyl groups excluding tert-OH is 1. The summed E-state index contributed by atoms with van der Waals surface area (Å²) < 4.78 is 37.8. The van der Waals surface area contributed by atoms with E-state index in [4.69, 9.17) is 5.11 Å². The Hall–Kier alpha value is -2.16. The van der Waals surface area contributed by atoms with Crippen LogP contribution in [0.4, 0.5) is 13.2 Å². The summed E-state index contributed by atoms with van der Waals surface area (Å²) in [6.45, 7) is -0.991. The molecule has 0 aliphatic rings. The second-order valence-corrected chi connectivity index (χ2v) is 3.75. The van der Waals surface area contributed by atoms with Gasteiger partial charge in [0.1, 0.15) is 0 Å². The lowest BCUT2D eigenvalue weighted by molar-refractivity contribution is -0.208. The maximum atomic E-state index is 12.2. The highest BCUT2D eigenvalue weighted by Gasteiger charge is 2.39. The summed E-state index contributed by atoms with van der Waals surface area (Å²) in [6, 6.07) is 8.12. The molecule has 1 atom stereocenters. The monoisotopic (exact) mass is 274 g/mol. The van der Waals surface area contributed by atoms with Crippen LogP contribution in [0.25, 0.3) is 5.69 Å². The second-order valence-electron chi connectivity index (χ2n) is 3.75. The zero-order valence-corrected chi connectivity index (χ0v) is 9.45. The lowest BCUT2D eigenvalue weighted by Gasteiger charge is -2.12. The summed E-state index contributed by atoms with van der Waals surface area (Å²) in [5.41, 5.74) is -0.477. The molecule has 1 heterocycles. The van der Waals surface area contributed by atoms with E-state index in [2.05, 4.69) is 10.4 Å². The van der Waals surface area contributed by atoms with E-state index in [1.807, 2.05) is 0 Å². The molecule has 0 bridgehead atoms. The SMILES string of the molecule is O=c1n(C[C@H](O)C(F)(F)F)nnn1-c1ccccc1. The normalized spacial score (nSPS) is 13.5. The Morgan fingerprint density at radius 1 is 1.21 bits per heavy atom. The van der Waals surface area contributed by atoms with Crippen LogP contribution in [0, 0.1) is 0 Å². The van der Waals surface area contributed by atoms with Crippen LogP contribution in [0.15, 0.2) is 35.1 Å². The van der Waals surface area contributed by atoms with Gasteiger partial charge in [0.2, 0.25) is 0 Å². The van der Waals surface area contributed by atoms with Crippen LogP contribution < -0.4 is 5.69 Å². The fraction of sp³-hybridized carbons (Fsp3) is 0.300. The lowest BCUT2D eigenvalue weighted by Crippen LogP contribution is -2.37. The first-order valence-corrected chi connectivity index (χ1v) is 5.22. The van der Waals surface area contributed by atoms with Crippen LogP contribution in [-0.4, -0.2) is 37.2 Å². The van der Waals surface area contributed by atoms with Crippen molar-refractivity contribution in [2.75, 3.05) is 0 Å². The summed E-state index contributed by atoms with van der Waals surface area (Å²) >= 11 is 0. The van der Waals surface area contributed by atoms with E-state index >= 15 is 0 Å². The number of nitrogens with zero attached hydrogens (tertiary/aromatic N) is 4. The molecule has 0 aliphatic carbocycles. The highest BCUT2D eigenvalue weighted by Crippen LogP contribution is 2.20. The molecule has 0 spiro atoms. The number of para-hydroxylation sites is 1. The molecule has 6 nitrogen and oxygen atoms in total. The lowest BCUT2D eigenvalue weighted by atomic mass is 10.3. The molecule has 1 aromatic carbocycles. The standard InChI is InChI=1S/C10H9F3N4O2/c11-10(12,13)8(18)6-16-9(19)17(15-14-16)7-4-2-1-3-5-7/h1-5,8,18H,6H2/t8-/m0/s1. The molecular formula is C10H9F3N4O2. The maximum Gasteiger partial charge on any atom is 0.416 e. The van der Waals surface area contributed by atoms with Crippen LogP contribution in [0.1, 0.15) is 0 Å². The smallest absolute Gasteiger partial charge is 0.382 e. The number of alkyl halides is 3. The predicted octanol–water partition coefficient (Wildman–Crippen LogP) is 0.352. The number of benzene rings is 1. The molecule has 0 fully saturated rings. The number of tetrazole rings is 1. The first-order valence-electron chi connectivity index (χ1n) is 5.22. The maximum absolute atomic E-state index is 12.2. The van der Waals surface area contributed by atoms with Crippen molar-refractivity contribution >= 4 is 0 Å². The molecule has 19 heavy (non-hydrogen) atoms. The predicted molar refractivity (Wildman–Crippen MR) is 57.7 cm³/mol. The minimum absolute atomic E-state index is 0.375. The van der Waals surface area contributed by atoms with Gasteiger partial charge in [0.15, 0.2) is 6.10 Å². The number of halogens is 3. The average Bonchev–Trinajstić information content (AvgIpc) is 2.71. The minimum Gasteiger partial charge on any atom is -0.382 e. The summed E-state index contributed by atoms with van der Waals surface area (Å²) in [6.07, 6.45) is -7.47. The number of hydrogen-bond donors (Lipinski definition) is 1. The highest BCUT2D eigenvalue weighted by atomic mass is 19.4. The van der Waals surface area contributed by atoms with Crippen molar-refractivity contribution in [2.45, 2.75) is 18.8 Å². The van der Waals surface area contributed by atoms with Gasteiger partial charge in [-0.15, -0.1) is 0 Å². The molecule has 102 valence electrons. The molecule has 0 radical (unpaired) electrons. The number of hydrogen-bond acceptors (Lipinski definition) is 4. The Bertz CT molecular complexity index is 605. The fourth-order valence-electron chi connectivity index (χ4n) is 1.39. The molecule has 2 aromatic rings. The van der Waals surface area contributed by atoms with E-state index in [0.717, 1.165) is 4.68 Å². The van der Waals surface area contributed by atoms with E-state index in [0.29, 0.717) is 10.4 Å². The van der Waals surface area contributed by atoms with Gasteiger partial charge in [0.25, 0.3) is 0 Å². The van der Waals surface area contributed by atoms with Crippen molar-refractivity contribution in [3.8, 4) is 5.69 Å². The molecule has 9 heteroatoms. The van der Waals surface area contributed by atoms with Crippen molar-refractivity contribution in [1.29, 1.82) is 0 Å². The van der Waals surface area contributed by atoms with Gasteiger partial charge in [-0.05, 0) is 22.6 Å². The van der Waals surface area contributed by atoms with Crippen molar-refractivity contribution < 1.29 is 18.3 Å². The van der Waals surface area contributed by atoms with Gasteiger partial charge in [-0.2, -0.15) is 22.5 Å². The third-order valence-corrected chi connectivity index (χ3v) is 2.36. The number of aliphatic hydroxyl groups is 1. The zero-order chi connectivity index (χ0) is 14.0. The van der Waals surface area contributed by atoms with Gasteiger partial charge in [0.05, 0.1) is 12.2 Å². The largest absolute Gasteiger partial charge is 0.416 e. The van der Waals surface area contributed by atoms with Gasteiger partial charge in [-0.3, -0.25) is 0 Å². The summed E-state index contributed by atoms with van der Waals surface area (Å²) in [5, 5.41) is 15.6. The second kappa shape index (κ2) is 4.84. The van der Waals surface area contributed by atoms with Crippen molar-refractivity contribution in [3.63, 3.8) is 0 Å². The zero-order valence-electron chi connectivity index (χ0n) is 9.45. The van der Waals surface area contributed by atoms with Gasteiger partial charge < -0.3 is 5.11 Å². The third-order valence-electron chi connectivity index (χ3n) is 2.36.